The monoisotopic (exact) mass is 317 g/mol. The van der Waals surface area contributed by atoms with Gasteiger partial charge in [0.25, 0.3) is 0 Å². The van der Waals surface area contributed by atoms with Crippen molar-refractivity contribution in [2.24, 2.45) is 5.73 Å². The van der Waals surface area contributed by atoms with Gasteiger partial charge in [0.15, 0.2) is 0 Å². The molecule has 2 aromatic rings. The van der Waals surface area contributed by atoms with Gasteiger partial charge in [0.1, 0.15) is 0 Å². The van der Waals surface area contributed by atoms with Crippen LogP contribution in [0.4, 0.5) is 0 Å². The van der Waals surface area contributed by atoms with Crippen molar-refractivity contribution in [3.63, 3.8) is 0 Å². The second-order valence-electron chi connectivity index (χ2n) is 5.16. The lowest BCUT2D eigenvalue weighted by Crippen LogP contribution is -2.40. The van der Waals surface area contributed by atoms with E-state index in [0.717, 1.165) is 19.5 Å². The summed E-state index contributed by atoms with van der Waals surface area (Å²) in [7, 11) is 0. The number of nitrogens with one attached hydrogen (secondary N) is 1. The molecule has 0 saturated heterocycles. The predicted molar refractivity (Wildman–Crippen MR) is 91.8 cm³/mol. The topological polar surface area (TPSA) is 58.4 Å². The number of carbonyl (C=O) groups is 1. The third-order valence-corrected chi connectivity index (χ3v) is 4.29. The molecule has 0 bridgehead atoms. The Kier molecular flexibility index (Phi) is 7.09. The van der Waals surface area contributed by atoms with Gasteiger partial charge < -0.3 is 11.1 Å². The number of nitrogens with zero attached hydrogens (tertiary/aromatic N) is 1. The molecule has 1 aromatic carbocycles. The molecule has 0 aliphatic rings. The van der Waals surface area contributed by atoms with Crippen molar-refractivity contribution in [2.75, 3.05) is 26.2 Å². The Morgan fingerprint density at radius 2 is 1.95 bits per heavy atom. The number of nitrogens with two attached hydrogens (primary N) is 1. The van der Waals surface area contributed by atoms with Gasteiger partial charge in [-0.05, 0) is 23.4 Å². The second kappa shape index (κ2) is 9.35. The average Bonchev–Trinajstić information content (AvgIpc) is 3.05. The number of benzene rings is 1. The van der Waals surface area contributed by atoms with Crippen LogP contribution in [0.5, 0.6) is 0 Å². The van der Waals surface area contributed by atoms with E-state index in [2.05, 4.69) is 22.3 Å². The zero-order valence-corrected chi connectivity index (χ0v) is 13.5. The molecule has 1 heterocycles. The zero-order chi connectivity index (χ0) is 15.6. The van der Waals surface area contributed by atoms with Gasteiger partial charge >= 0.3 is 0 Å². The van der Waals surface area contributed by atoms with Crippen LogP contribution in [0.15, 0.2) is 47.8 Å². The summed E-state index contributed by atoms with van der Waals surface area (Å²) in [5, 5.41) is 4.98. The number of carbonyl (C=O) groups excluding carboxylic acids is 1. The van der Waals surface area contributed by atoms with Gasteiger partial charge in [0.2, 0.25) is 5.91 Å². The van der Waals surface area contributed by atoms with E-state index in [-0.39, 0.29) is 5.91 Å². The minimum absolute atomic E-state index is 0.0508. The molecule has 0 saturated carbocycles. The van der Waals surface area contributed by atoms with Gasteiger partial charge in [0, 0.05) is 24.5 Å². The summed E-state index contributed by atoms with van der Waals surface area (Å²) in [4.78, 5) is 15.3. The Morgan fingerprint density at radius 1 is 1.14 bits per heavy atom. The highest BCUT2D eigenvalue weighted by Gasteiger charge is 2.10. The molecule has 0 radical (unpaired) electrons. The molecule has 1 aromatic heterocycles. The van der Waals surface area contributed by atoms with Gasteiger partial charge in [-0.1, -0.05) is 36.4 Å². The number of amides is 1. The smallest absolute Gasteiger partial charge is 0.234 e. The summed E-state index contributed by atoms with van der Waals surface area (Å²) in [6, 6.07) is 14.3. The van der Waals surface area contributed by atoms with E-state index in [1.807, 2.05) is 35.7 Å². The van der Waals surface area contributed by atoms with Crippen molar-refractivity contribution in [2.45, 2.75) is 13.0 Å². The summed E-state index contributed by atoms with van der Waals surface area (Å²) in [6.45, 7) is 3.14. The Balaban J connectivity index is 1.76. The summed E-state index contributed by atoms with van der Waals surface area (Å²) >= 11 is 1.65. The van der Waals surface area contributed by atoms with Crippen molar-refractivity contribution < 1.29 is 4.79 Å². The number of thiophene rings is 1. The lowest BCUT2D eigenvalue weighted by Gasteiger charge is -2.21. The molecule has 4 nitrogen and oxygen atoms in total. The second-order valence-corrected chi connectivity index (χ2v) is 6.19. The molecule has 118 valence electrons. The molecule has 3 N–H and O–H groups in total. The Labute approximate surface area is 135 Å². The van der Waals surface area contributed by atoms with Crippen LogP contribution >= 0.6 is 11.3 Å². The zero-order valence-electron chi connectivity index (χ0n) is 12.7. The third kappa shape index (κ3) is 5.97. The quantitative estimate of drug-likeness (QED) is 0.742. The van der Waals surface area contributed by atoms with Crippen LogP contribution in [0, 0.1) is 0 Å². The fourth-order valence-electron chi connectivity index (χ4n) is 2.24. The Bertz CT molecular complexity index is 542. The maximum Gasteiger partial charge on any atom is 0.234 e. The molecule has 22 heavy (non-hydrogen) atoms. The van der Waals surface area contributed by atoms with Gasteiger partial charge in [-0.2, -0.15) is 0 Å². The molecule has 0 aliphatic heterocycles. The van der Waals surface area contributed by atoms with Crippen LogP contribution < -0.4 is 11.1 Å². The van der Waals surface area contributed by atoms with Gasteiger partial charge in [0.05, 0.1) is 13.1 Å². The van der Waals surface area contributed by atoms with E-state index in [9.17, 15) is 4.79 Å². The first-order chi connectivity index (χ1) is 10.8. The number of hydrogen-bond donors (Lipinski definition) is 2. The normalized spacial score (nSPS) is 10.8. The highest BCUT2D eigenvalue weighted by Crippen LogP contribution is 2.07. The van der Waals surface area contributed by atoms with E-state index >= 15 is 0 Å². The Morgan fingerprint density at radius 3 is 2.64 bits per heavy atom. The van der Waals surface area contributed by atoms with E-state index < -0.39 is 0 Å². The van der Waals surface area contributed by atoms with Crippen LogP contribution in [0.1, 0.15) is 10.4 Å². The van der Waals surface area contributed by atoms with Crippen LogP contribution in [0.2, 0.25) is 0 Å². The van der Waals surface area contributed by atoms with Crippen LogP contribution in [0.3, 0.4) is 0 Å². The molecule has 5 heteroatoms. The highest BCUT2D eigenvalue weighted by atomic mass is 32.1. The van der Waals surface area contributed by atoms with Crippen LogP contribution in [0.25, 0.3) is 0 Å². The van der Waals surface area contributed by atoms with E-state index in [4.69, 9.17) is 5.73 Å². The minimum atomic E-state index is 0.0508. The molecule has 0 unspecified atom stereocenters. The Hall–Kier alpha value is -1.69. The maximum atomic E-state index is 12.0. The van der Waals surface area contributed by atoms with Gasteiger partial charge in [-0.25, -0.2) is 0 Å². The van der Waals surface area contributed by atoms with Gasteiger partial charge in [-0.15, -0.1) is 11.3 Å². The first kappa shape index (κ1) is 16.7. The number of rotatable bonds is 9. The van der Waals surface area contributed by atoms with Gasteiger partial charge in [-0.3, -0.25) is 9.69 Å². The molecule has 0 atom stereocenters. The predicted octanol–water partition coefficient (Wildman–Crippen LogP) is 1.87. The maximum absolute atomic E-state index is 12.0. The molecule has 0 fully saturated rings. The van der Waals surface area contributed by atoms with E-state index in [0.29, 0.717) is 19.6 Å². The molecular formula is C17H23N3OS. The largest absolute Gasteiger partial charge is 0.350 e. The van der Waals surface area contributed by atoms with Crippen molar-refractivity contribution in [1.82, 2.24) is 10.2 Å². The van der Waals surface area contributed by atoms with Crippen molar-refractivity contribution in [3.05, 3.63) is 58.3 Å². The first-order valence-corrected chi connectivity index (χ1v) is 8.41. The highest BCUT2D eigenvalue weighted by molar-refractivity contribution is 7.09. The summed E-state index contributed by atoms with van der Waals surface area (Å²) < 4.78 is 0. The molecule has 0 aliphatic carbocycles. The molecule has 2 rings (SSSR count). The molecular weight excluding hydrogens is 294 g/mol. The van der Waals surface area contributed by atoms with Crippen LogP contribution in [-0.2, 0) is 17.8 Å². The fraction of sp³-hybridized carbons (Fsp3) is 0.353. The van der Waals surface area contributed by atoms with E-state index in [1.54, 1.807) is 11.3 Å². The first-order valence-electron chi connectivity index (χ1n) is 7.53. The van der Waals surface area contributed by atoms with Crippen LogP contribution in [-0.4, -0.2) is 37.0 Å². The lowest BCUT2D eigenvalue weighted by molar-refractivity contribution is -0.122. The lowest BCUT2D eigenvalue weighted by atomic mass is 10.1. The fourth-order valence-corrected chi connectivity index (χ4v) is 2.89. The minimum Gasteiger partial charge on any atom is -0.350 e. The molecule has 1 amide bonds. The summed E-state index contributed by atoms with van der Waals surface area (Å²) in [5.74, 6) is 0.0508. The summed E-state index contributed by atoms with van der Waals surface area (Å²) in [5.41, 5.74) is 6.93. The summed E-state index contributed by atoms with van der Waals surface area (Å²) in [6.07, 6.45) is 0.930. The molecule has 0 spiro atoms. The van der Waals surface area contributed by atoms with Crippen molar-refractivity contribution in [3.8, 4) is 0 Å². The van der Waals surface area contributed by atoms with E-state index in [1.165, 1.54) is 10.4 Å². The third-order valence-electron chi connectivity index (χ3n) is 3.41. The van der Waals surface area contributed by atoms with Crippen molar-refractivity contribution >= 4 is 17.2 Å². The average molecular weight is 317 g/mol. The SMILES string of the molecule is NCCN(CCc1ccccc1)CC(=O)NCc1cccs1. The standard InChI is InChI=1S/C17H23N3OS/c18-9-11-20(10-8-15-5-2-1-3-6-15)14-17(21)19-13-16-7-4-12-22-16/h1-7,12H,8-11,13-14,18H2,(H,19,21). The number of hydrogen-bond acceptors (Lipinski definition) is 4. The van der Waals surface area contributed by atoms with Crippen molar-refractivity contribution in [1.29, 1.82) is 0 Å².